The number of hydrogen-bond acceptors (Lipinski definition) is 0. The highest BCUT2D eigenvalue weighted by atomic mass is 14.7. The standard InChI is InChI=1S/C17H15N/c1-2-7-12(6-1)13-9-5-10-15-14-8-3-4-11-16(14)18-17(13)15/h3-6,8-11,18H,1-2,7H2. The zero-order chi connectivity index (χ0) is 11.9. The molecule has 0 unspecified atom stereocenters. The maximum atomic E-state index is 3.58. The molecule has 1 nitrogen and oxygen atoms in total. The lowest BCUT2D eigenvalue weighted by molar-refractivity contribution is 0.935. The molecule has 1 aliphatic carbocycles. The number of rotatable bonds is 1. The van der Waals surface area contributed by atoms with Crippen LogP contribution in [0.4, 0.5) is 0 Å². The van der Waals surface area contributed by atoms with E-state index in [4.69, 9.17) is 0 Å². The summed E-state index contributed by atoms with van der Waals surface area (Å²) >= 11 is 0. The second kappa shape index (κ2) is 3.74. The Bertz CT molecular complexity index is 761. The summed E-state index contributed by atoms with van der Waals surface area (Å²) in [7, 11) is 0. The highest BCUT2D eigenvalue weighted by Gasteiger charge is 2.12. The summed E-state index contributed by atoms with van der Waals surface area (Å²) in [5.74, 6) is 0. The highest BCUT2D eigenvalue weighted by molar-refractivity contribution is 6.10. The number of hydrogen-bond donors (Lipinski definition) is 1. The molecule has 88 valence electrons. The molecule has 0 fully saturated rings. The number of fused-ring (bicyclic) bond motifs is 3. The number of H-pyrrole nitrogens is 1. The molecule has 1 heteroatoms. The summed E-state index contributed by atoms with van der Waals surface area (Å²) in [6.45, 7) is 0. The van der Waals surface area contributed by atoms with Crippen molar-refractivity contribution in [3.05, 3.63) is 54.1 Å². The van der Waals surface area contributed by atoms with E-state index in [1.165, 1.54) is 52.2 Å². The van der Waals surface area contributed by atoms with E-state index in [1.807, 2.05) is 0 Å². The first-order valence-corrected chi connectivity index (χ1v) is 6.62. The molecule has 0 radical (unpaired) electrons. The summed E-state index contributed by atoms with van der Waals surface area (Å²) in [6.07, 6.45) is 6.13. The monoisotopic (exact) mass is 233 g/mol. The second-order valence-corrected chi connectivity index (χ2v) is 5.02. The Hall–Kier alpha value is -2.02. The number of allylic oxidation sites excluding steroid dienone is 2. The summed E-state index contributed by atoms with van der Waals surface area (Å²) in [5.41, 5.74) is 5.43. The van der Waals surface area contributed by atoms with Gasteiger partial charge in [0.2, 0.25) is 0 Å². The SMILES string of the molecule is C1=C(c2cccc3c2[nH]c2ccccc23)CCC1. The van der Waals surface area contributed by atoms with Gasteiger partial charge in [0.15, 0.2) is 0 Å². The second-order valence-electron chi connectivity index (χ2n) is 5.02. The summed E-state index contributed by atoms with van der Waals surface area (Å²) in [4.78, 5) is 3.58. The first-order valence-electron chi connectivity index (χ1n) is 6.62. The van der Waals surface area contributed by atoms with Gasteiger partial charge in [0.1, 0.15) is 0 Å². The lowest BCUT2D eigenvalue weighted by Crippen LogP contribution is -1.82. The molecule has 1 aromatic heterocycles. The van der Waals surface area contributed by atoms with Crippen LogP contribution in [-0.2, 0) is 0 Å². The van der Waals surface area contributed by atoms with Crippen molar-refractivity contribution in [2.45, 2.75) is 19.3 Å². The van der Waals surface area contributed by atoms with Crippen LogP contribution in [0.2, 0.25) is 0 Å². The van der Waals surface area contributed by atoms with Gasteiger partial charge >= 0.3 is 0 Å². The van der Waals surface area contributed by atoms with Crippen LogP contribution in [0.25, 0.3) is 27.4 Å². The lowest BCUT2D eigenvalue weighted by Gasteiger charge is -2.03. The number of nitrogens with one attached hydrogen (secondary N) is 1. The van der Waals surface area contributed by atoms with Gasteiger partial charge in [-0.05, 0) is 30.9 Å². The fourth-order valence-corrected chi connectivity index (χ4v) is 3.06. The molecule has 3 aromatic rings. The van der Waals surface area contributed by atoms with E-state index in [9.17, 15) is 0 Å². The zero-order valence-electron chi connectivity index (χ0n) is 10.2. The van der Waals surface area contributed by atoms with Crippen molar-refractivity contribution >= 4 is 27.4 Å². The molecule has 0 aliphatic heterocycles. The molecule has 4 rings (SSSR count). The van der Waals surface area contributed by atoms with Crippen molar-refractivity contribution in [2.75, 3.05) is 0 Å². The lowest BCUT2D eigenvalue weighted by atomic mass is 10.0. The summed E-state index contributed by atoms with van der Waals surface area (Å²) in [5, 5.41) is 2.67. The van der Waals surface area contributed by atoms with E-state index in [0.717, 1.165) is 0 Å². The third-order valence-electron chi connectivity index (χ3n) is 3.93. The fourth-order valence-electron chi connectivity index (χ4n) is 3.06. The fraction of sp³-hybridized carbons (Fsp3) is 0.176. The molecule has 0 bridgehead atoms. The Morgan fingerprint density at radius 2 is 1.78 bits per heavy atom. The van der Waals surface area contributed by atoms with E-state index in [0.29, 0.717) is 0 Å². The molecule has 0 saturated carbocycles. The molecule has 18 heavy (non-hydrogen) atoms. The highest BCUT2D eigenvalue weighted by Crippen LogP contribution is 2.35. The maximum Gasteiger partial charge on any atom is 0.0541 e. The zero-order valence-corrected chi connectivity index (χ0v) is 10.2. The van der Waals surface area contributed by atoms with Crippen LogP contribution in [0.1, 0.15) is 24.8 Å². The van der Waals surface area contributed by atoms with Crippen molar-refractivity contribution < 1.29 is 0 Å². The predicted octanol–water partition coefficient (Wildman–Crippen LogP) is 4.89. The van der Waals surface area contributed by atoms with Crippen LogP contribution in [0, 0.1) is 0 Å². The molecule has 2 aromatic carbocycles. The van der Waals surface area contributed by atoms with Gasteiger partial charge < -0.3 is 4.98 Å². The number of benzene rings is 2. The van der Waals surface area contributed by atoms with Gasteiger partial charge in [0.05, 0.1) is 5.52 Å². The topological polar surface area (TPSA) is 15.8 Å². The minimum Gasteiger partial charge on any atom is -0.354 e. The average molecular weight is 233 g/mol. The quantitative estimate of drug-likeness (QED) is 0.616. The van der Waals surface area contributed by atoms with Crippen LogP contribution < -0.4 is 0 Å². The largest absolute Gasteiger partial charge is 0.354 e. The molecule has 0 spiro atoms. The summed E-state index contributed by atoms with van der Waals surface area (Å²) < 4.78 is 0. The van der Waals surface area contributed by atoms with Crippen LogP contribution in [0.15, 0.2) is 48.5 Å². The first-order chi connectivity index (χ1) is 8.93. The van der Waals surface area contributed by atoms with Crippen LogP contribution in [0.5, 0.6) is 0 Å². The van der Waals surface area contributed by atoms with Crippen LogP contribution >= 0.6 is 0 Å². The molecule has 0 saturated heterocycles. The van der Waals surface area contributed by atoms with E-state index in [2.05, 4.69) is 53.5 Å². The molecule has 1 heterocycles. The van der Waals surface area contributed by atoms with Crippen molar-refractivity contribution in [1.82, 2.24) is 4.98 Å². The molecule has 1 N–H and O–H groups in total. The predicted molar refractivity (Wildman–Crippen MR) is 77.6 cm³/mol. The Labute approximate surface area is 106 Å². The van der Waals surface area contributed by atoms with Gasteiger partial charge in [0, 0.05) is 21.9 Å². The van der Waals surface area contributed by atoms with Crippen molar-refractivity contribution in [3.8, 4) is 0 Å². The third kappa shape index (κ3) is 1.34. The summed E-state index contributed by atoms with van der Waals surface area (Å²) in [6, 6.07) is 15.2. The van der Waals surface area contributed by atoms with E-state index < -0.39 is 0 Å². The van der Waals surface area contributed by atoms with E-state index >= 15 is 0 Å². The molecule has 1 aliphatic rings. The van der Waals surface area contributed by atoms with Gasteiger partial charge in [-0.15, -0.1) is 0 Å². The van der Waals surface area contributed by atoms with Gasteiger partial charge in [-0.1, -0.05) is 42.5 Å². The van der Waals surface area contributed by atoms with E-state index in [-0.39, 0.29) is 0 Å². The molecule has 0 atom stereocenters. The van der Waals surface area contributed by atoms with Crippen molar-refractivity contribution in [1.29, 1.82) is 0 Å². The Kier molecular flexibility index (Phi) is 2.07. The minimum atomic E-state index is 1.22. The van der Waals surface area contributed by atoms with Crippen molar-refractivity contribution in [3.63, 3.8) is 0 Å². The number of para-hydroxylation sites is 2. The normalized spacial score (nSPS) is 15.4. The van der Waals surface area contributed by atoms with Crippen LogP contribution in [0.3, 0.4) is 0 Å². The van der Waals surface area contributed by atoms with Gasteiger partial charge in [-0.25, -0.2) is 0 Å². The van der Waals surface area contributed by atoms with Crippen LogP contribution in [-0.4, -0.2) is 4.98 Å². The van der Waals surface area contributed by atoms with Gasteiger partial charge in [-0.3, -0.25) is 0 Å². The Morgan fingerprint density at radius 1 is 0.889 bits per heavy atom. The number of aromatic nitrogens is 1. The maximum absolute atomic E-state index is 3.58. The number of aromatic amines is 1. The molecule has 0 amide bonds. The van der Waals surface area contributed by atoms with Crippen molar-refractivity contribution in [2.24, 2.45) is 0 Å². The molecular weight excluding hydrogens is 218 g/mol. The van der Waals surface area contributed by atoms with E-state index in [1.54, 1.807) is 0 Å². The minimum absolute atomic E-state index is 1.22. The first kappa shape index (κ1) is 9.95. The Morgan fingerprint density at radius 3 is 2.67 bits per heavy atom. The van der Waals surface area contributed by atoms with Gasteiger partial charge in [-0.2, -0.15) is 0 Å². The third-order valence-corrected chi connectivity index (χ3v) is 3.93. The average Bonchev–Trinajstić information content (AvgIpc) is 3.05. The smallest absolute Gasteiger partial charge is 0.0541 e. The Balaban J connectivity index is 2.09. The van der Waals surface area contributed by atoms with Gasteiger partial charge in [0.25, 0.3) is 0 Å². The molecular formula is C17H15N.